The molecule has 0 aliphatic carbocycles. The molecule has 0 nitrogen and oxygen atoms in total. The van der Waals surface area contributed by atoms with Gasteiger partial charge >= 0.3 is 0 Å². The van der Waals surface area contributed by atoms with Gasteiger partial charge < -0.3 is 0 Å². The SMILES string of the molecule is C#CC#CC#CC#CC#CC#CC#CC#CC#CC#CC#CC#CC#CC#CC#CC#CC#CC#CC#CC#CC#CC#CC#CC#CC#CC#CC#CC#CC#CC#CC#CC#CC#CC#CC#CC#CC#CC#CC#CC#CC#C[CH2-]. The second kappa shape index (κ2) is 63.8. The molecule has 83 heavy (non-hydrogen) atoms. The van der Waals surface area contributed by atoms with E-state index in [1.807, 2.05) is 0 Å². The normalized spacial score (nSPS) is 3.94. The summed E-state index contributed by atoms with van der Waals surface area (Å²) in [6, 6.07) is 0. The molecule has 0 N–H and O–H groups in total. The number of hydrogen-bond acceptors (Lipinski definition) is 0. The molecule has 0 rings (SSSR count). The van der Waals surface area contributed by atoms with E-state index in [0.29, 0.717) is 0 Å². The van der Waals surface area contributed by atoms with Gasteiger partial charge in [-0.25, -0.2) is 5.92 Å². The second-order valence-electron chi connectivity index (χ2n) is 10.2. The van der Waals surface area contributed by atoms with Crippen LogP contribution < -0.4 is 0 Å². The molecule has 0 fully saturated rings. The highest BCUT2D eigenvalue weighted by Gasteiger charge is 1.65. The smallest absolute Gasteiger partial charge is 0 e. The average Bonchev–Trinajstić information content (AvgIpc) is 3.49. The topological polar surface area (TPSA) is 0 Å². The van der Waals surface area contributed by atoms with Crippen molar-refractivity contribution in [2.75, 3.05) is 0 Å². The fourth-order valence-electron chi connectivity index (χ4n) is 2.49. The summed E-state index contributed by atoms with van der Waals surface area (Å²) in [4.78, 5) is 0. The van der Waals surface area contributed by atoms with E-state index >= 15 is 0 Å². The third-order valence-electron chi connectivity index (χ3n) is 5.04. The molecule has 0 saturated carbocycles. The molecule has 0 atom stereocenters. The summed E-state index contributed by atoms with van der Waals surface area (Å²) in [5.41, 5.74) is 0. The van der Waals surface area contributed by atoms with Crippen molar-refractivity contribution in [3.05, 3.63) is 6.92 Å². The van der Waals surface area contributed by atoms with Crippen LogP contribution in [0.5, 0.6) is 0 Å². The van der Waals surface area contributed by atoms with E-state index in [9.17, 15) is 0 Å². The Morgan fingerprint density at radius 1 is 0.0964 bits per heavy atom. The monoisotopic (exact) mass is 999 g/mol. The Labute approximate surface area is 490 Å². The lowest BCUT2D eigenvalue weighted by molar-refractivity contribution is 2.31. The van der Waals surface area contributed by atoms with Gasteiger partial charge in [0.1, 0.15) is 0 Å². The van der Waals surface area contributed by atoms with Crippen LogP contribution in [0.3, 0.4) is 0 Å². The third-order valence-corrected chi connectivity index (χ3v) is 5.04. The largest absolute Gasteiger partial charge is 0.284 e. The van der Waals surface area contributed by atoms with Crippen LogP contribution in [-0.4, -0.2) is 0 Å². The Kier molecular flexibility index (Phi) is 49.9. The quantitative estimate of drug-likeness (QED) is 0.247. The van der Waals surface area contributed by atoms with Gasteiger partial charge in [0.2, 0.25) is 0 Å². The first-order valence-corrected chi connectivity index (χ1v) is 20.6. The van der Waals surface area contributed by atoms with Crippen molar-refractivity contribution in [1.29, 1.82) is 0 Å². The minimum Gasteiger partial charge on any atom is -0.284 e. The fraction of sp³-hybridized carbons (Fsp3) is 0. The molecule has 0 unspecified atom stereocenters. The standard InChI is InChI=1S/C83H3/c1-3-5-7-9-11-13-15-17-19-21-23-25-27-29-31-33-35-37-39-41-43-45-47-49-51-53-55-57-59-61-63-65-67-69-71-73-75-77-79-81-83-82-80-78-76-74-72-70-68-66-64-62-60-58-56-54-52-50-48-46-44-42-40-38-36-34-32-30-28-26-24-22-20-18-16-14-12-10-8-6-4-2/h1H,2H2/q-1. The van der Waals surface area contributed by atoms with Crippen molar-refractivity contribution in [2.24, 2.45) is 0 Å². The Balaban J connectivity index is 4.62. The second-order valence-corrected chi connectivity index (χ2v) is 10.2. The average molecular weight is 1000 g/mol. The van der Waals surface area contributed by atoms with Crippen molar-refractivity contribution in [3.8, 4) is 486 Å². The summed E-state index contributed by atoms with van der Waals surface area (Å²) in [5.74, 6) is 201. The molecule has 0 saturated heterocycles. The van der Waals surface area contributed by atoms with Gasteiger partial charge in [-0.2, -0.15) is 6.92 Å². The molecule has 0 amide bonds. The Morgan fingerprint density at radius 2 is 0.157 bits per heavy atom. The lowest BCUT2D eigenvalue weighted by Crippen LogP contribution is -1.57. The van der Waals surface area contributed by atoms with Gasteiger partial charge in [0.25, 0.3) is 0 Å². The predicted octanol–water partition coefficient (Wildman–Crippen LogP) is 0.590. The molecule has 0 aromatic carbocycles. The molecule has 0 aromatic heterocycles. The summed E-state index contributed by atoms with van der Waals surface area (Å²) >= 11 is 0. The molecule has 0 radical (unpaired) electrons. The molecular weight excluding hydrogens is 997 g/mol. The van der Waals surface area contributed by atoms with E-state index in [4.69, 9.17) is 6.42 Å². The van der Waals surface area contributed by atoms with E-state index < -0.39 is 0 Å². The van der Waals surface area contributed by atoms with E-state index in [1.165, 1.54) is 0 Å². The van der Waals surface area contributed by atoms with Crippen molar-refractivity contribution < 1.29 is 0 Å². The lowest BCUT2D eigenvalue weighted by atomic mass is 10.4. The third kappa shape index (κ3) is 63.8. The predicted molar refractivity (Wildman–Crippen MR) is 325 cm³/mol. The van der Waals surface area contributed by atoms with Gasteiger partial charge in [-0.3, -0.25) is 5.92 Å². The zero-order chi connectivity index (χ0) is 59.3. The summed E-state index contributed by atoms with van der Waals surface area (Å²) < 4.78 is 0. The minimum atomic E-state index is 2.12. The van der Waals surface area contributed by atoms with Crippen molar-refractivity contribution >= 4 is 0 Å². The minimum absolute atomic E-state index is 2.12. The molecule has 0 aliphatic heterocycles. The van der Waals surface area contributed by atoms with Crippen LogP contribution in [0.2, 0.25) is 0 Å². The zero-order valence-corrected chi connectivity index (χ0v) is 41.8. The van der Waals surface area contributed by atoms with Crippen LogP contribution in [0.15, 0.2) is 0 Å². The van der Waals surface area contributed by atoms with Crippen LogP contribution in [-0.2, 0) is 0 Å². The molecule has 0 aromatic rings. The van der Waals surface area contributed by atoms with E-state index in [2.05, 4.69) is 486 Å². The molecule has 0 heterocycles. The van der Waals surface area contributed by atoms with Crippen LogP contribution in [0.25, 0.3) is 0 Å². The maximum absolute atomic E-state index is 4.95. The highest BCUT2D eigenvalue weighted by atomic mass is 13.7. The maximum atomic E-state index is 4.95. The van der Waals surface area contributed by atoms with Crippen molar-refractivity contribution in [2.45, 2.75) is 0 Å². The summed E-state index contributed by atoms with van der Waals surface area (Å²) in [6.45, 7) is 3.32. The summed E-state index contributed by atoms with van der Waals surface area (Å²) in [7, 11) is 0. The van der Waals surface area contributed by atoms with Gasteiger partial charge in [-0.15, -0.1) is 12.3 Å². The van der Waals surface area contributed by atoms with Crippen LogP contribution >= 0.6 is 0 Å². The van der Waals surface area contributed by atoms with E-state index in [-0.39, 0.29) is 0 Å². The Bertz CT molecular complexity index is 5650. The molecule has 0 aliphatic rings. The Morgan fingerprint density at radius 3 is 0.217 bits per heavy atom. The molecule has 336 valence electrons. The zero-order valence-electron chi connectivity index (χ0n) is 41.8. The lowest BCUT2D eigenvalue weighted by Gasteiger charge is -1.64. The number of terminal acetylenes is 1. The molecule has 0 heteroatoms. The molecule has 0 spiro atoms. The summed E-state index contributed by atoms with van der Waals surface area (Å²) in [5, 5.41) is 0. The maximum Gasteiger partial charge on any atom is 0 e. The number of hydrogen-bond donors (Lipinski definition) is 0. The first-order valence-electron chi connectivity index (χ1n) is 20.6. The van der Waals surface area contributed by atoms with Crippen molar-refractivity contribution in [1.82, 2.24) is 0 Å². The summed E-state index contributed by atoms with van der Waals surface area (Å²) in [6.07, 6.45) is 4.95. The first-order chi connectivity index (χ1) is 41.4. The molecule has 0 bridgehead atoms. The van der Waals surface area contributed by atoms with Gasteiger partial charge in [0, 0.05) is 367 Å². The van der Waals surface area contributed by atoms with E-state index in [0.717, 1.165) is 0 Å². The highest BCUT2D eigenvalue weighted by Crippen LogP contribution is 1.65. The van der Waals surface area contributed by atoms with Gasteiger partial charge in [-0.05, 0) is 94.7 Å². The Hall–Kier alpha value is -18.2. The van der Waals surface area contributed by atoms with Gasteiger partial charge in [0.15, 0.2) is 0 Å². The van der Waals surface area contributed by atoms with E-state index in [1.54, 1.807) is 0 Å². The first kappa shape index (κ1) is 64.8. The number of rotatable bonds is 0. The van der Waals surface area contributed by atoms with Crippen LogP contribution in [0.1, 0.15) is 0 Å². The van der Waals surface area contributed by atoms with Crippen molar-refractivity contribution in [3.63, 3.8) is 0 Å². The van der Waals surface area contributed by atoms with Gasteiger partial charge in [0.05, 0.1) is 0 Å². The van der Waals surface area contributed by atoms with Crippen LogP contribution in [0.4, 0.5) is 0 Å². The molecular formula is C83H3-. The van der Waals surface area contributed by atoms with Crippen LogP contribution in [0, 0.1) is 493 Å². The van der Waals surface area contributed by atoms with Gasteiger partial charge in [-0.1, -0.05) is 0 Å². The fourth-order valence-corrected chi connectivity index (χ4v) is 2.49. The highest BCUT2D eigenvalue weighted by molar-refractivity contribution is 5.54.